The van der Waals surface area contributed by atoms with Crippen LogP contribution in [0.2, 0.25) is 0 Å². The molecule has 1 atom stereocenters. The van der Waals surface area contributed by atoms with E-state index in [2.05, 4.69) is 29.2 Å². The number of hydrogen-bond donors (Lipinski definition) is 1. The molecule has 17 heavy (non-hydrogen) atoms. The maximum Gasteiger partial charge on any atom is 0.0628 e. The van der Waals surface area contributed by atoms with Gasteiger partial charge < -0.3 is 19.9 Å². The van der Waals surface area contributed by atoms with Crippen LogP contribution in [0.5, 0.6) is 0 Å². The Hall–Kier alpha value is -0.160. The van der Waals surface area contributed by atoms with Crippen molar-refractivity contribution in [3.63, 3.8) is 0 Å². The second kappa shape index (κ2) is 8.03. The smallest absolute Gasteiger partial charge is 0.0628 e. The zero-order valence-electron chi connectivity index (χ0n) is 11.9. The van der Waals surface area contributed by atoms with Crippen molar-refractivity contribution in [2.45, 2.75) is 18.9 Å². The van der Waals surface area contributed by atoms with Gasteiger partial charge in [-0.05, 0) is 53.0 Å². The first-order chi connectivity index (χ1) is 8.15. The number of rotatable bonds is 7. The summed E-state index contributed by atoms with van der Waals surface area (Å²) < 4.78 is 5.20. The van der Waals surface area contributed by atoms with Crippen molar-refractivity contribution in [3.05, 3.63) is 0 Å². The Bertz CT molecular complexity index is 193. The molecule has 0 radical (unpaired) electrons. The average Bonchev–Trinajstić information content (AvgIpc) is 2.31. The lowest BCUT2D eigenvalue weighted by Crippen LogP contribution is -2.43. The van der Waals surface area contributed by atoms with E-state index in [4.69, 9.17) is 4.74 Å². The van der Waals surface area contributed by atoms with Gasteiger partial charge >= 0.3 is 0 Å². The predicted octanol–water partition coefficient (Wildman–Crippen LogP) is 0.494. The summed E-state index contributed by atoms with van der Waals surface area (Å²) >= 11 is 0. The Morgan fingerprint density at radius 1 is 1.41 bits per heavy atom. The van der Waals surface area contributed by atoms with Crippen molar-refractivity contribution in [2.24, 2.45) is 5.92 Å². The zero-order chi connectivity index (χ0) is 12.7. The number of hydrogen-bond acceptors (Lipinski definition) is 4. The van der Waals surface area contributed by atoms with Crippen molar-refractivity contribution in [1.29, 1.82) is 0 Å². The van der Waals surface area contributed by atoms with Crippen LogP contribution in [0.3, 0.4) is 0 Å². The summed E-state index contributed by atoms with van der Waals surface area (Å²) in [4.78, 5) is 4.87. The van der Waals surface area contributed by atoms with E-state index in [1.807, 2.05) is 7.05 Å². The minimum absolute atomic E-state index is 0.441. The van der Waals surface area contributed by atoms with Crippen LogP contribution >= 0.6 is 0 Å². The number of nitrogens with zero attached hydrogens (tertiary/aromatic N) is 2. The summed E-state index contributed by atoms with van der Waals surface area (Å²) in [5.74, 6) is 0.872. The van der Waals surface area contributed by atoms with E-state index in [-0.39, 0.29) is 0 Å². The summed E-state index contributed by atoms with van der Waals surface area (Å²) in [7, 11) is 8.21. The zero-order valence-corrected chi connectivity index (χ0v) is 11.9. The number of ether oxygens (including phenoxy) is 1. The van der Waals surface area contributed by atoms with Crippen LogP contribution in [-0.2, 0) is 4.74 Å². The van der Waals surface area contributed by atoms with Gasteiger partial charge in [0.2, 0.25) is 0 Å². The third-order valence-electron chi connectivity index (χ3n) is 3.72. The molecule has 0 aromatic rings. The molecule has 1 heterocycles. The lowest BCUT2D eigenvalue weighted by molar-refractivity contribution is 0.132. The average molecular weight is 243 g/mol. The van der Waals surface area contributed by atoms with Gasteiger partial charge in [-0.15, -0.1) is 0 Å². The molecular weight excluding hydrogens is 214 g/mol. The second-order valence-electron chi connectivity index (χ2n) is 5.41. The number of likely N-dealkylation sites (N-methyl/N-ethyl adjacent to an activating group) is 2. The third kappa shape index (κ3) is 5.82. The molecule has 0 spiro atoms. The molecule has 1 fully saturated rings. The van der Waals surface area contributed by atoms with Crippen LogP contribution in [0.15, 0.2) is 0 Å². The quantitative estimate of drug-likeness (QED) is 0.704. The molecular formula is C13H29N3O. The van der Waals surface area contributed by atoms with Gasteiger partial charge in [-0.25, -0.2) is 0 Å². The molecule has 1 N–H and O–H groups in total. The van der Waals surface area contributed by atoms with E-state index < -0.39 is 0 Å². The normalized spacial score (nSPS) is 21.0. The van der Waals surface area contributed by atoms with Crippen LogP contribution in [-0.4, -0.2) is 76.9 Å². The summed E-state index contributed by atoms with van der Waals surface area (Å²) in [6.07, 6.45) is 2.69. The Balaban J connectivity index is 2.21. The van der Waals surface area contributed by atoms with Gasteiger partial charge in [0.15, 0.2) is 0 Å². The second-order valence-corrected chi connectivity index (χ2v) is 5.41. The fourth-order valence-corrected chi connectivity index (χ4v) is 2.56. The largest absolute Gasteiger partial charge is 0.383 e. The molecule has 102 valence electrons. The summed E-state index contributed by atoms with van der Waals surface area (Å²) in [5.41, 5.74) is 0. The maximum atomic E-state index is 5.20. The van der Waals surface area contributed by atoms with Crippen molar-refractivity contribution < 1.29 is 4.74 Å². The lowest BCUT2D eigenvalue weighted by atomic mass is 9.96. The van der Waals surface area contributed by atoms with E-state index in [0.717, 1.165) is 19.1 Å². The predicted molar refractivity (Wildman–Crippen MR) is 72.4 cm³/mol. The topological polar surface area (TPSA) is 27.7 Å². The maximum absolute atomic E-state index is 5.20. The molecule has 1 rings (SSSR count). The van der Waals surface area contributed by atoms with Crippen LogP contribution in [0.25, 0.3) is 0 Å². The highest BCUT2D eigenvalue weighted by Crippen LogP contribution is 2.16. The van der Waals surface area contributed by atoms with E-state index in [1.54, 1.807) is 7.11 Å². The van der Waals surface area contributed by atoms with Gasteiger partial charge in [-0.3, -0.25) is 0 Å². The van der Waals surface area contributed by atoms with Crippen molar-refractivity contribution in [1.82, 2.24) is 15.1 Å². The molecule has 1 unspecified atom stereocenters. The fourth-order valence-electron chi connectivity index (χ4n) is 2.56. The third-order valence-corrected chi connectivity index (χ3v) is 3.72. The molecule has 4 nitrogen and oxygen atoms in total. The summed E-state index contributed by atoms with van der Waals surface area (Å²) in [5, 5.41) is 3.30. The summed E-state index contributed by atoms with van der Waals surface area (Å²) in [6, 6.07) is 0.441. The van der Waals surface area contributed by atoms with Gasteiger partial charge in [-0.2, -0.15) is 0 Å². The number of likely N-dealkylation sites (tertiary alicyclic amines) is 1. The SMILES string of the molecule is CNC(COC)CN(C)CC1CCN(C)CC1. The first kappa shape index (κ1) is 14.9. The van der Waals surface area contributed by atoms with Crippen LogP contribution < -0.4 is 5.32 Å². The van der Waals surface area contributed by atoms with Crippen molar-refractivity contribution in [3.8, 4) is 0 Å². The molecule has 1 aliphatic rings. The van der Waals surface area contributed by atoms with E-state index in [1.165, 1.54) is 32.5 Å². The minimum Gasteiger partial charge on any atom is -0.383 e. The van der Waals surface area contributed by atoms with Crippen LogP contribution in [0, 0.1) is 5.92 Å². The molecule has 1 aliphatic heterocycles. The Morgan fingerprint density at radius 2 is 2.06 bits per heavy atom. The molecule has 1 saturated heterocycles. The minimum atomic E-state index is 0.441. The standard InChI is InChI=1S/C13H29N3O/c1-14-13(11-17-4)10-16(3)9-12-5-7-15(2)8-6-12/h12-14H,5-11H2,1-4H3. The van der Waals surface area contributed by atoms with Crippen LogP contribution in [0.1, 0.15) is 12.8 Å². The summed E-state index contributed by atoms with van der Waals surface area (Å²) in [6.45, 7) is 5.58. The van der Waals surface area contributed by atoms with Gasteiger partial charge in [0, 0.05) is 26.2 Å². The highest BCUT2D eigenvalue weighted by Gasteiger charge is 2.19. The van der Waals surface area contributed by atoms with E-state index in [0.29, 0.717) is 6.04 Å². The van der Waals surface area contributed by atoms with Crippen molar-refractivity contribution >= 4 is 0 Å². The number of methoxy groups -OCH3 is 1. The Kier molecular flexibility index (Phi) is 7.04. The molecule has 0 saturated carbocycles. The fraction of sp³-hybridized carbons (Fsp3) is 1.00. The first-order valence-corrected chi connectivity index (χ1v) is 6.69. The van der Waals surface area contributed by atoms with Crippen LogP contribution in [0.4, 0.5) is 0 Å². The van der Waals surface area contributed by atoms with Gasteiger partial charge in [0.05, 0.1) is 6.61 Å². The highest BCUT2D eigenvalue weighted by molar-refractivity contribution is 4.75. The molecule has 0 aliphatic carbocycles. The first-order valence-electron chi connectivity index (χ1n) is 6.69. The molecule has 0 aromatic heterocycles. The number of nitrogens with one attached hydrogen (secondary N) is 1. The van der Waals surface area contributed by atoms with Gasteiger partial charge in [-0.1, -0.05) is 0 Å². The lowest BCUT2D eigenvalue weighted by Gasteiger charge is -2.32. The molecule has 0 bridgehead atoms. The van der Waals surface area contributed by atoms with E-state index in [9.17, 15) is 0 Å². The molecule has 4 heteroatoms. The highest BCUT2D eigenvalue weighted by atomic mass is 16.5. The molecule has 0 amide bonds. The number of piperidine rings is 1. The Morgan fingerprint density at radius 3 is 2.59 bits per heavy atom. The van der Waals surface area contributed by atoms with Crippen molar-refractivity contribution in [2.75, 3.05) is 61.0 Å². The van der Waals surface area contributed by atoms with Gasteiger partial charge in [0.25, 0.3) is 0 Å². The van der Waals surface area contributed by atoms with Gasteiger partial charge in [0.1, 0.15) is 0 Å². The Labute approximate surface area is 106 Å². The van der Waals surface area contributed by atoms with E-state index >= 15 is 0 Å². The monoisotopic (exact) mass is 243 g/mol. The molecule has 0 aromatic carbocycles.